The van der Waals surface area contributed by atoms with Crippen LogP contribution in [-0.2, 0) is 29.2 Å². The van der Waals surface area contributed by atoms with Crippen molar-refractivity contribution in [2.45, 2.75) is 64.2 Å². The number of ether oxygens (including phenoxy) is 2. The van der Waals surface area contributed by atoms with Gasteiger partial charge in [-0.3, -0.25) is 14.1 Å². The fourth-order valence-electron chi connectivity index (χ4n) is 1.82. The van der Waals surface area contributed by atoms with E-state index in [0.717, 1.165) is 19.3 Å². The van der Waals surface area contributed by atoms with Crippen molar-refractivity contribution in [2.75, 3.05) is 6.61 Å². The molecule has 9 heteroatoms. The van der Waals surface area contributed by atoms with Crippen molar-refractivity contribution in [2.24, 2.45) is 0 Å². The van der Waals surface area contributed by atoms with Crippen LogP contribution in [0.25, 0.3) is 0 Å². The molecule has 0 rings (SSSR count). The molecule has 2 atom stereocenters. The zero-order valence-corrected chi connectivity index (χ0v) is 14.7. The molecule has 0 saturated heterocycles. The van der Waals surface area contributed by atoms with Crippen LogP contribution in [-0.4, -0.2) is 72.4 Å². The summed E-state index contributed by atoms with van der Waals surface area (Å²) in [5.74, 6) is -2.04. The minimum atomic E-state index is -4.75. The molecule has 0 aliphatic carbocycles. The summed E-state index contributed by atoms with van der Waals surface area (Å²) in [6.45, 7) is 5.41. The molecular weight excluding hydrogens is 347 g/mol. The number of allylic oxidation sites excluding steroid dienone is 1. The van der Waals surface area contributed by atoms with Gasteiger partial charge in [0.2, 0.25) is 0 Å². The van der Waals surface area contributed by atoms with Crippen molar-refractivity contribution in [3.8, 4) is 0 Å². The van der Waals surface area contributed by atoms with E-state index in [2.05, 4.69) is 0 Å². The Kier molecular flexibility index (Phi) is 14.9. The van der Waals surface area contributed by atoms with E-state index in [0.29, 0.717) is 6.42 Å². The van der Waals surface area contributed by atoms with Crippen molar-refractivity contribution in [1.29, 1.82) is 0 Å². The molecule has 0 aliphatic rings. The van der Waals surface area contributed by atoms with Gasteiger partial charge in [0.15, 0.2) is 5.25 Å². The van der Waals surface area contributed by atoms with E-state index in [1.54, 1.807) is 26.0 Å². The molecule has 0 aromatic rings. The summed E-state index contributed by atoms with van der Waals surface area (Å²) in [5, 5.41) is -1.96. The molecular formula is C15H27NaO7S. The molecule has 24 heavy (non-hydrogen) atoms. The van der Waals surface area contributed by atoms with Crippen molar-refractivity contribution < 1.29 is 32.0 Å². The number of hydrogen-bond donors (Lipinski definition) is 1. The molecule has 0 aromatic carbocycles. The summed E-state index contributed by atoms with van der Waals surface area (Å²) >= 11 is 0. The molecule has 0 radical (unpaired) electrons. The predicted molar refractivity (Wildman–Crippen MR) is 92.6 cm³/mol. The van der Waals surface area contributed by atoms with Gasteiger partial charge in [-0.25, -0.2) is 0 Å². The molecule has 136 valence electrons. The van der Waals surface area contributed by atoms with Crippen molar-refractivity contribution in [3.63, 3.8) is 0 Å². The van der Waals surface area contributed by atoms with Crippen molar-refractivity contribution in [3.05, 3.63) is 12.2 Å². The van der Waals surface area contributed by atoms with Crippen LogP contribution in [0.2, 0.25) is 0 Å². The summed E-state index contributed by atoms with van der Waals surface area (Å²) in [6, 6.07) is 0. The summed E-state index contributed by atoms with van der Waals surface area (Å²) in [5.41, 5.74) is 0. The van der Waals surface area contributed by atoms with Crippen molar-refractivity contribution in [1.82, 2.24) is 0 Å². The quantitative estimate of drug-likeness (QED) is 0.192. The van der Waals surface area contributed by atoms with E-state index in [4.69, 9.17) is 14.0 Å². The van der Waals surface area contributed by atoms with Gasteiger partial charge in [-0.15, -0.1) is 0 Å². The first-order chi connectivity index (χ1) is 10.7. The van der Waals surface area contributed by atoms with Gasteiger partial charge in [0.1, 0.15) is 6.10 Å². The summed E-state index contributed by atoms with van der Waals surface area (Å²) in [4.78, 5) is 23.5. The Morgan fingerprint density at radius 2 is 1.83 bits per heavy atom. The maximum absolute atomic E-state index is 11.8. The molecule has 0 saturated carbocycles. The number of carbonyl (C=O) groups is 2. The molecule has 2 unspecified atom stereocenters. The van der Waals surface area contributed by atoms with Crippen LogP contribution in [0.3, 0.4) is 0 Å². The zero-order chi connectivity index (χ0) is 17.9. The molecule has 0 aromatic heterocycles. The normalized spacial score (nSPS) is 13.8. The summed E-state index contributed by atoms with van der Waals surface area (Å²) < 4.78 is 41.4. The fourth-order valence-corrected chi connectivity index (χ4v) is 2.48. The number of rotatable bonds is 11. The van der Waals surface area contributed by atoms with Gasteiger partial charge in [-0.05, 0) is 26.3 Å². The van der Waals surface area contributed by atoms with E-state index in [1.165, 1.54) is 0 Å². The average molecular weight is 374 g/mol. The van der Waals surface area contributed by atoms with Crippen LogP contribution in [0.5, 0.6) is 0 Å². The Morgan fingerprint density at radius 1 is 1.21 bits per heavy atom. The van der Waals surface area contributed by atoms with Crippen LogP contribution in [0.15, 0.2) is 12.2 Å². The number of esters is 2. The Labute approximate surface area is 166 Å². The SMILES string of the molecule is CC=CC(C)OC(=O)CC(C(=O)OCCCCCC)S(=O)(=O)O.[NaH]. The van der Waals surface area contributed by atoms with Gasteiger partial charge in [0.25, 0.3) is 10.1 Å². The summed E-state index contributed by atoms with van der Waals surface area (Å²) in [7, 11) is -4.75. The van der Waals surface area contributed by atoms with Crippen LogP contribution in [0.1, 0.15) is 52.9 Å². The first kappa shape index (κ1) is 25.8. The minimum absolute atomic E-state index is 0. The second-order valence-corrected chi connectivity index (χ2v) is 6.76. The van der Waals surface area contributed by atoms with Crippen LogP contribution < -0.4 is 0 Å². The molecule has 0 bridgehead atoms. The first-order valence-electron chi connectivity index (χ1n) is 7.67. The fraction of sp³-hybridized carbons (Fsp3) is 0.733. The van der Waals surface area contributed by atoms with E-state index >= 15 is 0 Å². The summed E-state index contributed by atoms with van der Waals surface area (Å²) in [6.07, 6.45) is 5.36. The van der Waals surface area contributed by atoms with Gasteiger partial charge < -0.3 is 9.47 Å². The second-order valence-electron chi connectivity index (χ2n) is 5.16. The van der Waals surface area contributed by atoms with Crippen LogP contribution >= 0.6 is 0 Å². The molecule has 0 heterocycles. The average Bonchev–Trinajstić information content (AvgIpc) is 2.43. The Hall–Kier alpha value is -0.410. The zero-order valence-electron chi connectivity index (χ0n) is 13.9. The van der Waals surface area contributed by atoms with E-state index < -0.39 is 39.8 Å². The van der Waals surface area contributed by atoms with Crippen LogP contribution in [0, 0.1) is 0 Å². The Bertz CT molecular complexity index is 502. The third kappa shape index (κ3) is 12.0. The third-order valence-corrected chi connectivity index (χ3v) is 4.08. The third-order valence-electron chi connectivity index (χ3n) is 3.00. The van der Waals surface area contributed by atoms with Gasteiger partial charge >= 0.3 is 41.5 Å². The predicted octanol–water partition coefficient (Wildman–Crippen LogP) is 1.62. The molecule has 0 amide bonds. The molecule has 0 spiro atoms. The number of hydrogen-bond acceptors (Lipinski definition) is 6. The van der Waals surface area contributed by atoms with Crippen molar-refractivity contribution >= 4 is 51.6 Å². The number of unbranched alkanes of at least 4 members (excludes halogenated alkanes) is 3. The van der Waals surface area contributed by atoms with E-state index in [-0.39, 0.29) is 36.2 Å². The van der Waals surface area contributed by atoms with Gasteiger partial charge in [0.05, 0.1) is 13.0 Å². The van der Waals surface area contributed by atoms with E-state index in [9.17, 15) is 18.0 Å². The molecule has 0 fully saturated rings. The Morgan fingerprint density at radius 3 is 2.33 bits per heavy atom. The second kappa shape index (κ2) is 13.8. The monoisotopic (exact) mass is 374 g/mol. The Balaban J connectivity index is 0. The van der Waals surface area contributed by atoms with Gasteiger partial charge in [-0.1, -0.05) is 32.3 Å². The molecule has 7 nitrogen and oxygen atoms in total. The van der Waals surface area contributed by atoms with E-state index in [1.807, 2.05) is 6.92 Å². The first-order valence-corrected chi connectivity index (χ1v) is 9.17. The van der Waals surface area contributed by atoms with Gasteiger partial charge in [-0.2, -0.15) is 8.42 Å². The number of carbonyl (C=O) groups excluding carboxylic acids is 2. The van der Waals surface area contributed by atoms with Gasteiger partial charge in [0, 0.05) is 0 Å². The van der Waals surface area contributed by atoms with Crippen LogP contribution in [0.4, 0.5) is 0 Å². The molecule has 0 aliphatic heterocycles. The standard InChI is InChI=1S/C15H26O7S.Na.H/c1-4-6-7-8-10-21-15(17)13(23(18,19)20)11-14(16)22-12(3)9-5-2;;/h5,9,12-13H,4,6-8,10-11H2,1-3H3,(H,18,19,20);;. The maximum atomic E-state index is 11.8. The topological polar surface area (TPSA) is 107 Å². The molecule has 1 N–H and O–H groups in total.